The molecule has 2 aliphatic heterocycles. The van der Waals surface area contributed by atoms with E-state index in [2.05, 4.69) is 40.3 Å². The first-order chi connectivity index (χ1) is 16.5. The van der Waals surface area contributed by atoms with Crippen molar-refractivity contribution < 1.29 is 19.1 Å². The number of likely N-dealkylation sites (N-methyl/N-ethyl adjacent to an activating group) is 1. The van der Waals surface area contributed by atoms with Gasteiger partial charge in [-0.05, 0) is 51.6 Å². The lowest BCUT2D eigenvalue weighted by atomic mass is 9.73. The number of esters is 1. The molecule has 1 unspecified atom stereocenters. The molecule has 1 saturated heterocycles. The topological polar surface area (TPSA) is 91.9 Å². The number of nitrogens with zero attached hydrogens (tertiary/aromatic N) is 1. The highest BCUT2D eigenvalue weighted by molar-refractivity contribution is 5.90. The minimum absolute atomic E-state index is 0.0870. The second-order valence-corrected chi connectivity index (χ2v) is 9.54. The number of anilines is 1. The first kappa shape index (κ1) is 24.3. The third-order valence-corrected chi connectivity index (χ3v) is 6.92. The lowest BCUT2D eigenvalue weighted by molar-refractivity contribution is -0.0930. The van der Waals surface area contributed by atoms with Crippen LogP contribution in [0.3, 0.4) is 0 Å². The Bertz CT molecular complexity index is 945. The minimum Gasteiger partial charge on any atom is -0.465 e. The fraction of sp³-hybridized carbons (Fsp3) is 0.538. The summed E-state index contributed by atoms with van der Waals surface area (Å²) < 4.78 is 11.6. The smallest absolute Gasteiger partial charge is 0.337 e. The molecule has 0 aromatic heterocycles. The zero-order chi connectivity index (χ0) is 24.1. The highest BCUT2D eigenvalue weighted by Crippen LogP contribution is 2.48. The zero-order valence-corrected chi connectivity index (χ0v) is 20.3. The minimum atomic E-state index is -0.356. The van der Waals surface area contributed by atoms with E-state index in [4.69, 9.17) is 9.47 Å². The molecule has 2 amide bonds. The molecule has 0 radical (unpaired) electrons. The van der Waals surface area contributed by atoms with Gasteiger partial charge in [-0.25, -0.2) is 9.59 Å². The average molecular weight is 469 g/mol. The van der Waals surface area contributed by atoms with Crippen LogP contribution in [-0.4, -0.2) is 69.9 Å². The monoisotopic (exact) mass is 468 g/mol. The van der Waals surface area contributed by atoms with Crippen LogP contribution < -0.4 is 16.0 Å². The number of ether oxygens (including phenoxy) is 2. The second-order valence-electron chi connectivity index (χ2n) is 9.54. The van der Waals surface area contributed by atoms with E-state index < -0.39 is 0 Å². The molecular weight excluding hydrogens is 432 g/mol. The van der Waals surface area contributed by atoms with Crippen LogP contribution in [0.25, 0.3) is 0 Å². The van der Waals surface area contributed by atoms with Crippen LogP contribution in [0, 0.1) is 11.8 Å². The molecule has 1 aromatic rings. The maximum Gasteiger partial charge on any atom is 0.337 e. The fourth-order valence-electron chi connectivity index (χ4n) is 5.14. The number of allylic oxidation sites excluding steroid dienone is 3. The summed E-state index contributed by atoms with van der Waals surface area (Å²) in [6, 6.07) is 5.71. The van der Waals surface area contributed by atoms with Gasteiger partial charge in [0.15, 0.2) is 0 Å². The molecule has 0 spiro atoms. The Morgan fingerprint density at radius 1 is 1.21 bits per heavy atom. The van der Waals surface area contributed by atoms with Gasteiger partial charge in [0.2, 0.25) is 0 Å². The summed E-state index contributed by atoms with van der Waals surface area (Å²) in [7, 11) is 5.34. The van der Waals surface area contributed by atoms with Gasteiger partial charge in [-0.3, -0.25) is 0 Å². The quantitative estimate of drug-likeness (QED) is 0.533. The van der Waals surface area contributed by atoms with E-state index in [1.807, 2.05) is 31.1 Å². The average Bonchev–Trinajstić information content (AvgIpc) is 2.86. The van der Waals surface area contributed by atoms with Gasteiger partial charge in [-0.15, -0.1) is 0 Å². The Morgan fingerprint density at radius 3 is 2.79 bits per heavy atom. The summed E-state index contributed by atoms with van der Waals surface area (Å²) >= 11 is 0. The summed E-state index contributed by atoms with van der Waals surface area (Å²) in [5.74, 6) is 0.295. The van der Waals surface area contributed by atoms with E-state index in [0.29, 0.717) is 24.6 Å². The number of carbonyl (C=O) groups is 2. The summed E-state index contributed by atoms with van der Waals surface area (Å²) in [5.41, 5.74) is 2.50. The number of hydrogen-bond acceptors (Lipinski definition) is 6. The molecule has 3 N–H and O–H groups in total. The van der Waals surface area contributed by atoms with Gasteiger partial charge >= 0.3 is 12.0 Å². The van der Waals surface area contributed by atoms with Gasteiger partial charge in [0, 0.05) is 48.8 Å². The third-order valence-electron chi connectivity index (χ3n) is 6.92. The van der Waals surface area contributed by atoms with Crippen LogP contribution in [-0.2, 0) is 9.47 Å². The molecule has 1 aliphatic carbocycles. The number of fused-ring (bicyclic) bond motifs is 3. The van der Waals surface area contributed by atoms with E-state index in [1.165, 1.54) is 7.11 Å². The van der Waals surface area contributed by atoms with Gasteiger partial charge in [-0.2, -0.15) is 0 Å². The molecule has 5 atom stereocenters. The van der Waals surface area contributed by atoms with Crippen LogP contribution >= 0.6 is 0 Å². The Balaban J connectivity index is 1.48. The SMILES string of the molecule is COC(=O)c1ccc2c(c1)[C@H]1O[C@@H](CNC(=O)NCCN(C)C)CC[C@H]1[C@H](C1C=CC=CC1)N2. The number of benzene rings is 1. The van der Waals surface area contributed by atoms with E-state index in [9.17, 15) is 9.59 Å². The van der Waals surface area contributed by atoms with Crippen molar-refractivity contribution in [2.24, 2.45) is 11.8 Å². The Labute approximate surface area is 201 Å². The summed E-state index contributed by atoms with van der Waals surface area (Å²) in [6.45, 7) is 1.83. The van der Waals surface area contributed by atoms with Gasteiger partial charge in [0.1, 0.15) is 0 Å². The summed E-state index contributed by atoms with van der Waals surface area (Å²) in [4.78, 5) is 26.4. The number of rotatable bonds is 7. The molecule has 3 aliphatic rings. The van der Waals surface area contributed by atoms with Crippen LogP contribution in [0.2, 0.25) is 0 Å². The Morgan fingerprint density at radius 2 is 2.06 bits per heavy atom. The van der Waals surface area contributed by atoms with Crippen molar-refractivity contribution in [3.63, 3.8) is 0 Å². The third kappa shape index (κ3) is 5.62. The van der Waals surface area contributed by atoms with Crippen LogP contribution in [0.15, 0.2) is 42.5 Å². The van der Waals surface area contributed by atoms with Gasteiger partial charge in [0.25, 0.3) is 0 Å². The second kappa shape index (κ2) is 11.1. The molecule has 34 heavy (non-hydrogen) atoms. The first-order valence-electron chi connectivity index (χ1n) is 12.1. The standard InChI is InChI=1S/C26H36N4O4/c1-30(2)14-13-27-26(32)28-16-19-10-11-20-23(17-7-5-4-6-8-17)29-22-12-9-18(25(31)33-3)15-21(22)24(20)34-19/h4-7,9,12,15,17,19-20,23-24,29H,8,10-11,13-14,16H2,1-3H3,(H2,27,28,32)/t17?,19-,20+,23+,24+/m1/s1. The number of urea groups is 1. The van der Waals surface area contributed by atoms with Gasteiger partial charge < -0.3 is 30.3 Å². The van der Waals surface area contributed by atoms with Crippen molar-refractivity contribution in [1.82, 2.24) is 15.5 Å². The van der Waals surface area contributed by atoms with E-state index >= 15 is 0 Å². The van der Waals surface area contributed by atoms with Gasteiger partial charge in [-0.1, -0.05) is 24.3 Å². The number of carbonyl (C=O) groups excluding carboxylic acids is 2. The molecule has 184 valence electrons. The van der Waals surface area contributed by atoms with Crippen molar-refractivity contribution in [2.75, 3.05) is 46.2 Å². The maximum absolute atomic E-state index is 12.2. The van der Waals surface area contributed by atoms with Crippen molar-refractivity contribution in [3.05, 3.63) is 53.6 Å². The molecule has 0 saturated carbocycles. The Kier molecular flexibility index (Phi) is 7.90. The predicted molar refractivity (Wildman–Crippen MR) is 132 cm³/mol. The van der Waals surface area contributed by atoms with E-state index in [1.54, 1.807) is 6.07 Å². The van der Waals surface area contributed by atoms with Crippen molar-refractivity contribution in [3.8, 4) is 0 Å². The maximum atomic E-state index is 12.2. The molecule has 2 heterocycles. The number of methoxy groups -OCH3 is 1. The van der Waals surface area contributed by atoms with Gasteiger partial charge in [0.05, 0.1) is 24.9 Å². The van der Waals surface area contributed by atoms with Crippen LogP contribution in [0.5, 0.6) is 0 Å². The number of hydrogen-bond donors (Lipinski definition) is 3. The van der Waals surface area contributed by atoms with Crippen LogP contribution in [0.4, 0.5) is 10.5 Å². The fourth-order valence-corrected chi connectivity index (χ4v) is 5.14. The largest absolute Gasteiger partial charge is 0.465 e. The molecule has 1 aromatic carbocycles. The highest BCUT2D eigenvalue weighted by Gasteiger charge is 2.44. The van der Waals surface area contributed by atoms with Crippen LogP contribution in [0.1, 0.15) is 41.3 Å². The van der Waals surface area contributed by atoms with Crippen molar-refractivity contribution in [2.45, 2.75) is 37.5 Å². The molecule has 8 heteroatoms. The molecule has 1 fully saturated rings. The summed E-state index contributed by atoms with van der Waals surface area (Å²) in [6.07, 6.45) is 11.3. The molecule has 4 rings (SSSR count). The Hall–Kier alpha value is -2.84. The molecular formula is C26H36N4O4. The molecule has 0 bridgehead atoms. The highest BCUT2D eigenvalue weighted by atomic mass is 16.5. The van der Waals surface area contributed by atoms with Crippen molar-refractivity contribution in [1.29, 1.82) is 0 Å². The number of nitrogens with one attached hydrogen (secondary N) is 3. The summed E-state index contributed by atoms with van der Waals surface area (Å²) in [5, 5.41) is 9.58. The van der Waals surface area contributed by atoms with E-state index in [-0.39, 0.29) is 36.2 Å². The van der Waals surface area contributed by atoms with E-state index in [0.717, 1.165) is 37.1 Å². The lowest BCUT2D eigenvalue weighted by Gasteiger charge is -2.47. The van der Waals surface area contributed by atoms with Crippen molar-refractivity contribution >= 4 is 17.7 Å². The first-order valence-corrected chi connectivity index (χ1v) is 12.1. The molecule has 8 nitrogen and oxygen atoms in total. The number of amides is 2. The lowest BCUT2D eigenvalue weighted by Crippen LogP contribution is -2.49. The normalized spacial score (nSPS) is 27.4. The predicted octanol–water partition coefficient (Wildman–Crippen LogP) is 3.10. The zero-order valence-electron chi connectivity index (χ0n) is 20.3.